The molecule has 0 radical (unpaired) electrons. The lowest BCUT2D eigenvalue weighted by Crippen LogP contribution is -2.34. The summed E-state index contributed by atoms with van der Waals surface area (Å²) < 4.78 is 27.8. The highest BCUT2D eigenvalue weighted by molar-refractivity contribution is 7.89. The molecule has 1 aromatic carbocycles. The lowest BCUT2D eigenvalue weighted by Gasteiger charge is -2.25. The number of hydrogen-bond acceptors (Lipinski definition) is 3. The Morgan fingerprint density at radius 2 is 1.33 bits per heavy atom. The zero-order chi connectivity index (χ0) is 19.3. The maximum Gasteiger partial charge on any atom is 0.253 e. The summed E-state index contributed by atoms with van der Waals surface area (Å²) in [6.45, 7) is 2.50. The SMILES string of the molecule is O=C(c1ccc(Cl)c(S(=O)(=O)N2CCCCCC2)c1)N1CCCCCCC1. The molecule has 7 heteroatoms. The Morgan fingerprint density at radius 1 is 0.815 bits per heavy atom. The van der Waals surface area contributed by atoms with Crippen molar-refractivity contribution in [2.45, 2.75) is 62.7 Å². The summed E-state index contributed by atoms with van der Waals surface area (Å²) in [5.74, 6) is -0.0964. The molecule has 3 rings (SSSR count). The van der Waals surface area contributed by atoms with Crippen LogP contribution in [0.15, 0.2) is 23.1 Å². The van der Waals surface area contributed by atoms with Crippen LogP contribution in [0.3, 0.4) is 0 Å². The van der Waals surface area contributed by atoms with Gasteiger partial charge in [0.25, 0.3) is 5.91 Å². The zero-order valence-electron chi connectivity index (χ0n) is 15.8. The Labute approximate surface area is 167 Å². The highest BCUT2D eigenvalue weighted by Gasteiger charge is 2.29. The molecule has 0 spiro atoms. The second-order valence-corrected chi connectivity index (χ2v) is 9.84. The van der Waals surface area contributed by atoms with Crippen LogP contribution in [0, 0.1) is 0 Å². The van der Waals surface area contributed by atoms with Gasteiger partial charge in [0.05, 0.1) is 5.02 Å². The smallest absolute Gasteiger partial charge is 0.253 e. The Balaban J connectivity index is 1.85. The van der Waals surface area contributed by atoms with E-state index in [1.165, 1.54) is 16.8 Å². The molecule has 0 bridgehead atoms. The molecule has 0 saturated carbocycles. The monoisotopic (exact) mass is 412 g/mol. The van der Waals surface area contributed by atoms with E-state index in [9.17, 15) is 13.2 Å². The molecule has 2 aliphatic heterocycles. The van der Waals surface area contributed by atoms with E-state index < -0.39 is 10.0 Å². The van der Waals surface area contributed by atoms with Crippen LogP contribution in [0.1, 0.15) is 68.1 Å². The zero-order valence-corrected chi connectivity index (χ0v) is 17.4. The molecule has 2 heterocycles. The number of benzene rings is 1. The van der Waals surface area contributed by atoms with Crippen LogP contribution >= 0.6 is 11.6 Å². The third kappa shape index (κ3) is 5.04. The van der Waals surface area contributed by atoms with E-state index in [4.69, 9.17) is 11.6 Å². The lowest BCUT2D eigenvalue weighted by molar-refractivity contribution is 0.0742. The first-order chi connectivity index (χ1) is 13.0. The first-order valence-corrected chi connectivity index (χ1v) is 11.9. The summed E-state index contributed by atoms with van der Waals surface area (Å²) >= 11 is 6.25. The molecule has 2 fully saturated rings. The number of nitrogens with zero attached hydrogens (tertiary/aromatic N) is 2. The third-order valence-corrected chi connectivity index (χ3v) is 7.88. The second kappa shape index (κ2) is 9.39. The molecule has 27 heavy (non-hydrogen) atoms. The summed E-state index contributed by atoms with van der Waals surface area (Å²) in [4.78, 5) is 14.9. The maximum atomic E-state index is 13.1. The van der Waals surface area contributed by atoms with Crippen molar-refractivity contribution in [3.63, 3.8) is 0 Å². The molecule has 2 aliphatic rings. The summed E-state index contributed by atoms with van der Waals surface area (Å²) in [6, 6.07) is 4.66. The van der Waals surface area contributed by atoms with Gasteiger partial charge in [-0.1, -0.05) is 43.7 Å². The Morgan fingerprint density at radius 3 is 1.93 bits per heavy atom. The molecule has 0 atom stereocenters. The van der Waals surface area contributed by atoms with Crippen LogP contribution in [-0.2, 0) is 10.0 Å². The van der Waals surface area contributed by atoms with E-state index in [0.29, 0.717) is 18.7 Å². The average Bonchev–Trinajstić information content (AvgIpc) is 2.91. The maximum absolute atomic E-state index is 13.1. The van der Waals surface area contributed by atoms with Crippen LogP contribution in [0.25, 0.3) is 0 Å². The van der Waals surface area contributed by atoms with Crippen molar-refractivity contribution in [1.82, 2.24) is 9.21 Å². The van der Waals surface area contributed by atoms with E-state index in [1.54, 1.807) is 12.1 Å². The van der Waals surface area contributed by atoms with Crippen molar-refractivity contribution in [2.24, 2.45) is 0 Å². The molecule has 1 amide bonds. The molecule has 0 N–H and O–H groups in total. The highest BCUT2D eigenvalue weighted by Crippen LogP contribution is 2.28. The summed E-state index contributed by atoms with van der Waals surface area (Å²) in [7, 11) is -3.69. The van der Waals surface area contributed by atoms with Gasteiger partial charge in [-0.05, 0) is 43.9 Å². The number of sulfonamides is 1. The fourth-order valence-corrected chi connectivity index (χ4v) is 5.91. The van der Waals surface area contributed by atoms with Crippen molar-refractivity contribution in [1.29, 1.82) is 0 Å². The number of hydrogen-bond donors (Lipinski definition) is 0. The fourth-order valence-electron chi connectivity index (χ4n) is 3.89. The average molecular weight is 413 g/mol. The molecule has 150 valence electrons. The number of carbonyl (C=O) groups excluding carboxylic acids is 1. The van der Waals surface area contributed by atoms with Crippen LogP contribution < -0.4 is 0 Å². The van der Waals surface area contributed by atoms with Gasteiger partial charge in [0, 0.05) is 31.7 Å². The van der Waals surface area contributed by atoms with Gasteiger partial charge >= 0.3 is 0 Å². The molecular formula is C20H29ClN2O3S. The number of likely N-dealkylation sites (tertiary alicyclic amines) is 1. The van der Waals surface area contributed by atoms with Crippen LogP contribution in [0.2, 0.25) is 5.02 Å². The number of rotatable bonds is 3. The number of amides is 1. The van der Waals surface area contributed by atoms with Gasteiger partial charge in [-0.25, -0.2) is 8.42 Å². The van der Waals surface area contributed by atoms with Gasteiger partial charge in [0.2, 0.25) is 10.0 Å². The fraction of sp³-hybridized carbons (Fsp3) is 0.650. The Bertz CT molecular complexity index is 750. The van der Waals surface area contributed by atoms with Gasteiger partial charge in [-0.15, -0.1) is 0 Å². The molecule has 0 aliphatic carbocycles. The molecule has 1 aromatic rings. The van der Waals surface area contributed by atoms with E-state index in [2.05, 4.69) is 0 Å². The predicted molar refractivity (Wildman–Crippen MR) is 108 cm³/mol. The van der Waals surface area contributed by atoms with E-state index in [1.807, 2.05) is 4.90 Å². The second-order valence-electron chi connectivity index (χ2n) is 7.52. The van der Waals surface area contributed by atoms with Crippen molar-refractivity contribution in [3.05, 3.63) is 28.8 Å². The minimum Gasteiger partial charge on any atom is -0.339 e. The number of halogens is 1. The normalized spacial score (nSPS) is 20.6. The van der Waals surface area contributed by atoms with E-state index in [-0.39, 0.29) is 15.8 Å². The quantitative estimate of drug-likeness (QED) is 0.743. The highest BCUT2D eigenvalue weighted by atomic mass is 35.5. The Kier molecular flexibility index (Phi) is 7.17. The number of carbonyl (C=O) groups is 1. The molecule has 2 saturated heterocycles. The lowest BCUT2D eigenvalue weighted by atomic mass is 10.1. The van der Waals surface area contributed by atoms with Crippen molar-refractivity contribution in [3.8, 4) is 0 Å². The summed E-state index contributed by atoms with van der Waals surface area (Å²) in [5, 5.41) is 0.184. The van der Waals surface area contributed by atoms with Gasteiger partial charge < -0.3 is 4.90 Å². The van der Waals surface area contributed by atoms with Gasteiger partial charge in [0.15, 0.2) is 0 Å². The first kappa shape index (κ1) is 20.6. The van der Waals surface area contributed by atoms with Crippen molar-refractivity contribution >= 4 is 27.5 Å². The van der Waals surface area contributed by atoms with Crippen LogP contribution in [-0.4, -0.2) is 49.7 Å². The summed E-state index contributed by atoms with van der Waals surface area (Å²) in [5.41, 5.74) is 0.411. The van der Waals surface area contributed by atoms with Gasteiger partial charge in [-0.3, -0.25) is 4.79 Å². The van der Waals surface area contributed by atoms with E-state index in [0.717, 1.165) is 64.5 Å². The summed E-state index contributed by atoms with van der Waals surface area (Å²) in [6.07, 6.45) is 9.32. The minimum absolute atomic E-state index is 0.0592. The molecule has 5 nitrogen and oxygen atoms in total. The third-order valence-electron chi connectivity index (χ3n) is 5.50. The molecule has 0 unspecified atom stereocenters. The largest absolute Gasteiger partial charge is 0.339 e. The topological polar surface area (TPSA) is 57.7 Å². The van der Waals surface area contributed by atoms with Crippen LogP contribution in [0.5, 0.6) is 0 Å². The van der Waals surface area contributed by atoms with E-state index >= 15 is 0 Å². The standard InChI is InChI=1S/C20H29ClN2O3S/c21-18-11-10-17(20(24)22-12-6-2-1-3-7-13-22)16-19(18)27(25,26)23-14-8-4-5-9-15-23/h10-11,16H,1-9,12-15H2. The first-order valence-electron chi connectivity index (χ1n) is 10.1. The molecular weight excluding hydrogens is 384 g/mol. The van der Waals surface area contributed by atoms with Crippen LogP contribution in [0.4, 0.5) is 0 Å². The molecule has 0 aromatic heterocycles. The van der Waals surface area contributed by atoms with Gasteiger partial charge in [0.1, 0.15) is 4.90 Å². The van der Waals surface area contributed by atoms with Crippen molar-refractivity contribution < 1.29 is 13.2 Å². The van der Waals surface area contributed by atoms with Gasteiger partial charge in [-0.2, -0.15) is 4.31 Å². The van der Waals surface area contributed by atoms with Crippen molar-refractivity contribution in [2.75, 3.05) is 26.2 Å². The Hall–Kier alpha value is -1.11. The minimum atomic E-state index is -3.69. The predicted octanol–water partition coefficient (Wildman–Crippen LogP) is 4.31.